The summed E-state index contributed by atoms with van der Waals surface area (Å²) in [5.41, 5.74) is 9.88. The predicted molar refractivity (Wildman–Crippen MR) is 177 cm³/mol. The van der Waals surface area contributed by atoms with Crippen LogP contribution in [-0.2, 0) is 5.41 Å². The van der Waals surface area contributed by atoms with Gasteiger partial charge >= 0.3 is 0 Å². The quantitative estimate of drug-likeness (QED) is 0.203. The van der Waals surface area contributed by atoms with Gasteiger partial charge < -0.3 is 10.1 Å². The Labute approximate surface area is 255 Å². The van der Waals surface area contributed by atoms with Crippen LogP contribution in [0, 0.1) is 10.8 Å². The standard InChI is InChI=1S/C39H28N2OS/c40-33(25-11-2-1-3-12-25)21-22-34(41)37-24-23-36(43-37)28-15-10-19-32-38(28)42-35-20-9-8-18-31(35)39(32)29-16-6-4-13-26(29)27-14-5-7-17-30(27)39/h1-19,21-24,35,40-41H,20H2/b22-21-,40-33?,41-34?. The van der Waals surface area contributed by atoms with Crippen LogP contribution >= 0.6 is 11.3 Å². The van der Waals surface area contributed by atoms with E-state index < -0.39 is 5.41 Å². The van der Waals surface area contributed by atoms with Crippen molar-refractivity contribution in [1.29, 1.82) is 10.8 Å². The Morgan fingerprint density at radius 3 is 2.12 bits per heavy atom. The van der Waals surface area contributed by atoms with Crippen molar-refractivity contribution in [2.75, 3.05) is 0 Å². The molecule has 1 aliphatic heterocycles. The first kappa shape index (κ1) is 25.6. The fourth-order valence-corrected chi connectivity index (χ4v) is 7.92. The molecule has 5 aromatic rings. The van der Waals surface area contributed by atoms with Gasteiger partial charge in [0.05, 0.1) is 21.7 Å². The number of allylic oxidation sites excluding steroid dienone is 4. The van der Waals surface area contributed by atoms with E-state index in [4.69, 9.17) is 15.6 Å². The summed E-state index contributed by atoms with van der Waals surface area (Å²) in [6.07, 6.45) is 10.8. The summed E-state index contributed by atoms with van der Waals surface area (Å²) < 4.78 is 6.93. The molecule has 8 rings (SSSR count). The van der Waals surface area contributed by atoms with E-state index in [1.54, 1.807) is 23.5 Å². The van der Waals surface area contributed by atoms with Crippen LogP contribution in [0.15, 0.2) is 145 Å². The summed E-state index contributed by atoms with van der Waals surface area (Å²) in [4.78, 5) is 1.92. The number of benzene rings is 4. The van der Waals surface area contributed by atoms with Gasteiger partial charge in [-0.1, -0.05) is 109 Å². The molecule has 0 amide bonds. The van der Waals surface area contributed by atoms with E-state index in [0.29, 0.717) is 11.4 Å². The maximum atomic E-state index is 8.74. The van der Waals surface area contributed by atoms with Crippen LogP contribution in [0.5, 0.6) is 5.75 Å². The summed E-state index contributed by atoms with van der Waals surface area (Å²) in [5.74, 6) is 0.924. The zero-order valence-electron chi connectivity index (χ0n) is 23.4. The second-order valence-electron chi connectivity index (χ2n) is 11.1. The van der Waals surface area contributed by atoms with Crippen molar-refractivity contribution in [3.63, 3.8) is 0 Å². The van der Waals surface area contributed by atoms with Crippen LogP contribution < -0.4 is 4.74 Å². The van der Waals surface area contributed by atoms with Gasteiger partial charge in [-0.15, -0.1) is 11.3 Å². The number of thiophene rings is 1. The maximum Gasteiger partial charge on any atom is 0.133 e. The van der Waals surface area contributed by atoms with Gasteiger partial charge in [0, 0.05) is 22.4 Å². The predicted octanol–water partition coefficient (Wildman–Crippen LogP) is 9.37. The molecule has 3 nitrogen and oxygen atoms in total. The summed E-state index contributed by atoms with van der Waals surface area (Å²) in [7, 11) is 0. The zero-order chi connectivity index (χ0) is 29.0. The third-order valence-electron chi connectivity index (χ3n) is 8.81. The highest BCUT2D eigenvalue weighted by Gasteiger charge is 2.53. The Morgan fingerprint density at radius 2 is 1.35 bits per heavy atom. The zero-order valence-corrected chi connectivity index (χ0v) is 24.2. The molecule has 0 saturated carbocycles. The van der Waals surface area contributed by atoms with E-state index in [1.807, 2.05) is 36.4 Å². The topological polar surface area (TPSA) is 56.9 Å². The number of hydrogen-bond donors (Lipinski definition) is 2. The molecule has 2 aliphatic carbocycles. The van der Waals surface area contributed by atoms with Crippen LogP contribution in [0.2, 0.25) is 0 Å². The van der Waals surface area contributed by atoms with Gasteiger partial charge in [-0.05, 0) is 63.7 Å². The molecule has 2 N–H and O–H groups in total. The second-order valence-corrected chi connectivity index (χ2v) is 12.2. The second kappa shape index (κ2) is 10.0. The molecular weight excluding hydrogens is 545 g/mol. The minimum Gasteiger partial charge on any atom is -0.485 e. The fraction of sp³-hybridized carbons (Fsp3) is 0.0769. The number of ether oxygens (including phenoxy) is 1. The molecule has 4 aromatic carbocycles. The van der Waals surface area contributed by atoms with Crippen LogP contribution in [-0.4, -0.2) is 17.5 Å². The highest BCUT2D eigenvalue weighted by molar-refractivity contribution is 7.17. The Bertz CT molecular complexity index is 1980. The highest BCUT2D eigenvalue weighted by Crippen LogP contribution is 2.62. The molecule has 0 radical (unpaired) electrons. The van der Waals surface area contributed by atoms with Crippen LogP contribution in [0.25, 0.3) is 21.6 Å². The Balaban J connectivity index is 1.24. The first-order valence-corrected chi connectivity index (χ1v) is 15.4. The molecule has 0 fully saturated rings. The highest BCUT2D eigenvalue weighted by atomic mass is 32.1. The minimum atomic E-state index is -0.431. The lowest BCUT2D eigenvalue weighted by Crippen LogP contribution is -2.42. The molecular formula is C39H28N2OS. The normalized spacial score (nSPS) is 17.0. The molecule has 1 unspecified atom stereocenters. The number of rotatable bonds is 5. The Hall–Kier alpha value is -5.06. The van der Waals surface area contributed by atoms with Gasteiger partial charge in [-0.3, -0.25) is 5.41 Å². The summed E-state index contributed by atoms with van der Waals surface area (Å²) >= 11 is 1.59. The van der Waals surface area contributed by atoms with Crippen molar-refractivity contribution in [3.8, 4) is 27.3 Å². The van der Waals surface area contributed by atoms with Crippen LogP contribution in [0.4, 0.5) is 0 Å². The van der Waals surface area contributed by atoms with E-state index in [1.165, 1.54) is 33.4 Å². The monoisotopic (exact) mass is 572 g/mol. The van der Waals surface area contributed by atoms with E-state index >= 15 is 0 Å². The van der Waals surface area contributed by atoms with Gasteiger partial charge in [0.1, 0.15) is 11.9 Å². The summed E-state index contributed by atoms with van der Waals surface area (Å²) in [6.45, 7) is 0. The van der Waals surface area contributed by atoms with Gasteiger partial charge in [0.25, 0.3) is 0 Å². The molecule has 206 valence electrons. The third kappa shape index (κ3) is 3.87. The third-order valence-corrected chi connectivity index (χ3v) is 9.96. The molecule has 0 bridgehead atoms. The molecule has 4 heteroatoms. The number of fused-ring (bicyclic) bond motifs is 9. The molecule has 1 aromatic heterocycles. The van der Waals surface area contributed by atoms with E-state index in [-0.39, 0.29) is 6.10 Å². The van der Waals surface area contributed by atoms with Crippen LogP contribution in [0.1, 0.15) is 33.6 Å². The average Bonchev–Trinajstić information content (AvgIpc) is 3.67. The number of hydrogen-bond acceptors (Lipinski definition) is 4. The van der Waals surface area contributed by atoms with Gasteiger partial charge in [0.2, 0.25) is 0 Å². The molecule has 3 aliphatic rings. The summed E-state index contributed by atoms with van der Waals surface area (Å²) in [6, 6.07) is 37.9. The Morgan fingerprint density at radius 1 is 0.698 bits per heavy atom. The number of para-hydroxylation sites is 1. The average molecular weight is 573 g/mol. The van der Waals surface area contributed by atoms with Crippen molar-refractivity contribution in [2.24, 2.45) is 0 Å². The largest absolute Gasteiger partial charge is 0.485 e. The molecule has 2 heterocycles. The van der Waals surface area contributed by atoms with Crippen LogP contribution in [0.3, 0.4) is 0 Å². The first-order valence-electron chi connectivity index (χ1n) is 14.5. The van der Waals surface area contributed by atoms with Gasteiger partial charge in [-0.25, -0.2) is 0 Å². The first-order chi connectivity index (χ1) is 21.2. The smallest absolute Gasteiger partial charge is 0.133 e. The minimum absolute atomic E-state index is 0.0671. The lowest BCUT2D eigenvalue weighted by molar-refractivity contribution is 0.206. The van der Waals surface area contributed by atoms with Crippen molar-refractivity contribution in [3.05, 3.63) is 172 Å². The van der Waals surface area contributed by atoms with Gasteiger partial charge in [-0.2, -0.15) is 0 Å². The molecule has 43 heavy (non-hydrogen) atoms. The van der Waals surface area contributed by atoms with E-state index in [9.17, 15) is 0 Å². The molecule has 1 spiro atoms. The van der Waals surface area contributed by atoms with Crippen molar-refractivity contribution in [1.82, 2.24) is 0 Å². The molecule has 1 atom stereocenters. The van der Waals surface area contributed by atoms with E-state index in [2.05, 4.69) is 91.0 Å². The van der Waals surface area contributed by atoms with Crippen molar-refractivity contribution >= 4 is 22.8 Å². The lowest BCUT2D eigenvalue weighted by atomic mass is 9.63. The van der Waals surface area contributed by atoms with E-state index in [0.717, 1.165) is 33.1 Å². The SMILES string of the molecule is N=C(/C=C\C(=N)c1ccc(-c2cccc3c2OC2CC=CC=C2C32c3ccccc3-c3ccccc32)s1)c1ccccc1. The van der Waals surface area contributed by atoms with Gasteiger partial charge in [0.15, 0.2) is 0 Å². The van der Waals surface area contributed by atoms with Crippen molar-refractivity contribution < 1.29 is 4.74 Å². The Kier molecular flexibility index (Phi) is 5.99. The summed E-state index contributed by atoms with van der Waals surface area (Å²) in [5, 5.41) is 17.1. The van der Waals surface area contributed by atoms with Crippen molar-refractivity contribution in [2.45, 2.75) is 17.9 Å². The number of nitrogens with one attached hydrogen (secondary N) is 2. The fourth-order valence-electron chi connectivity index (χ4n) is 6.96. The lowest BCUT2D eigenvalue weighted by Gasteiger charge is -2.45. The maximum absolute atomic E-state index is 8.74. The molecule has 0 saturated heterocycles.